The average Bonchev–Trinajstić information content (AvgIpc) is 2.69. The van der Waals surface area contributed by atoms with Gasteiger partial charge in [0.05, 0.1) is 16.7 Å². The molecule has 0 saturated heterocycles. The van der Waals surface area contributed by atoms with Gasteiger partial charge in [-0.05, 0) is 5.92 Å². The Hall–Kier alpha value is -2.58. The molecule has 0 saturated carbocycles. The van der Waals surface area contributed by atoms with Crippen LogP contribution in [0.25, 0.3) is 5.69 Å². The van der Waals surface area contributed by atoms with Gasteiger partial charge in [0.2, 0.25) is 0 Å². The first-order valence-electron chi connectivity index (χ1n) is 5.67. The van der Waals surface area contributed by atoms with Gasteiger partial charge in [-0.15, -0.1) is 5.10 Å². The van der Waals surface area contributed by atoms with E-state index in [4.69, 9.17) is 5.73 Å². The van der Waals surface area contributed by atoms with E-state index in [0.29, 0.717) is 17.8 Å². The number of nitro benzene ring substituents is 1. The van der Waals surface area contributed by atoms with Crippen LogP contribution in [0.3, 0.4) is 0 Å². The quantitative estimate of drug-likeness (QED) is 0.687. The fourth-order valence-electron chi connectivity index (χ4n) is 1.91. The van der Waals surface area contributed by atoms with Crippen molar-refractivity contribution in [3.05, 3.63) is 39.6 Å². The third kappa shape index (κ3) is 2.17. The van der Waals surface area contributed by atoms with Gasteiger partial charge in [0, 0.05) is 6.07 Å². The fraction of sp³-hybridized carbons (Fsp3) is 0.273. The zero-order valence-corrected chi connectivity index (χ0v) is 10.7. The zero-order valence-electron chi connectivity index (χ0n) is 10.7. The molecule has 0 aliphatic carbocycles. The molecule has 7 nitrogen and oxygen atoms in total. The average molecular weight is 283 g/mol. The molecule has 20 heavy (non-hydrogen) atoms. The molecule has 106 valence electrons. The van der Waals surface area contributed by atoms with E-state index in [0.717, 1.165) is 4.68 Å². The maximum Gasteiger partial charge on any atom is 0.300 e. The monoisotopic (exact) mass is 283 g/mol. The summed E-state index contributed by atoms with van der Waals surface area (Å²) >= 11 is 0. The van der Waals surface area contributed by atoms with E-state index in [1.54, 1.807) is 13.8 Å². The number of nitrogen functional groups attached to an aromatic ring is 1. The highest BCUT2D eigenvalue weighted by Gasteiger charge is 2.27. The zero-order chi connectivity index (χ0) is 15.0. The van der Waals surface area contributed by atoms with E-state index >= 15 is 0 Å². The Morgan fingerprint density at radius 2 is 2.05 bits per heavy atom. The summed E-state index contributed by atoms with van der Waals surface area (Å²) in [6.07, 6.45) is 0. The van der Waals surface area contributed by atoms with Crippen LogP contribution in [-0.4, -0.2) is 19.9 Å². The Kier molecular flexibility index (Phi) is 3.35. The standard InChI is InChI=1S/C11H11F2N5O2/c1-5(2)9-11(14)15-16-17(9)10-7(13)3-6(12)4-8(10)18(19)20/h3-5H,14H2,1-2H3. The molecule has 2 N–H and O–H groups in total. The second-order valence-electron chi connectivity index (χ2n) is 4.44. The van der Waals surface area contributed by atoms with Crippen molar-refractivity contribution >= 4 is 11.5 Å². The maximum absolute atomic E-state index is 13.9. The SMILES string of the molecule is CC(C)c1c(N)nnn1-c1c(F)cc(F)cc1[N+](=O)[O-]. The summed E-state index contributed by atoms with van der Waals surface area (Å²) in [5.41, 5.74) is 4.72. The summed E-state index contributed by atoms with van der Waals surface area (Å²) in [5.74, 6) is -2.31. The first kappa shape index (κ1) is 13.8. The minimum atomic E-state index is -1.11. The molecule has 0 atom stereocenters. The van der Waals surface area contributed by atoms with E-state index in [-0.39, 0.29) is 11.7 Å². The van der Waals surface area contributed by atoms with Crippen LogP contribution < -0.4 is 5.73 Å². The van der Waals surface area contributed by atoms with Crippen LogP contribution in [0.5, 0.6) is 0 Å². The fourth-order valence-corrected chi connectivity index (χ4v) is 1.91. The van der Waals surface area contributed by atoms with Crippen LogP contribution in [0.15, 0.2) is 12.1 Å². The van der Waals surface area contributed by atoms with Gasteiger partial charge in [0.25, 0.3) is 0 Å². The highest BCUT2D eigenvalue weighted by atomic mass is 19.1. The normalized spacial score (nSPS) is 11.1. The van der Waals surface area contributed by atoms with Crippen LogP contribution >= 0.6 is 0 Å². The van der Waals surface area contributed by atoms with E-state index in [1.807, 2.05) is 0 Å². The lowest BCUT2D eigenvalue weighted by atomic mass is 10.1. The first-order chi connectivity index (χ1) is 9.32. The molecule has 2 aromatic rings. The minimum absolute atomic E-state index is 0.0398. The molecule has 0 amide bonds. The molecule has 1 heterocycles. The Morgan fingerprint density at radius 3 is 2.60 bits per heavy atom. The van der Waals surface area contributed by atoms with Crippen molar-refractivity contribution in [2.75, 3.05) is 5.73 Å². The lowest BCUT2D eigenvalue weighted by Gasteiger charge is -2.10. The summed E-state index contributed by atoms with van der Waals surface area (Å²) in [6.45, 7) is 3.50. The molecule has 9 heteroatoms. The number of hydrogen-bond acceptors (Lipinski definition) is 5. The van der Waals surface area contributed by atoms with Gasteiger partial charge in [-0.3, -0.25) is 10.1 Å². The predicted molar refractivity (Wildman–Crippen MR) is 66.4 cm³/mol. The summed E-state index contributed by atoms with van der Waals surface area (Å²) in [4.78, 5) is 10.1. The van der Waals surface area contributed by atoms with Gasteiger partial charge in [0.15, 0.2) is 17.3 Å². The van der Waals surface area contributed by atoms with Crippen molar-refractivity contribution in [3.63, 3.8) is 0 Å². The number of nitrogens with two attached hydrogens (primary N) is 1. The molecule has 0 radical (unpaired) electrons. The molecule has 0 unspecified atom stereocenters. The largest absolute Gasteiger partial charge is 0.381 e. The Balaban J connectivity index is 2.79. The number of anilines is 1. The third-order valence-corrected chi connectivity index (χ3v) is 2.70. The number of nitro groups is 1. The number of aromatic nitrogens is 3. The van der Waals surface area contributed by atoms with Gasteiger partial charge in [-0.1, -0.05) is 19.1 Å². The van der Waals surface area contributed by atoms with Gasteiger partial charge in [0.1, 0.15) is 5.82 Å². The molecular formula is C11H11F2N5O2. The van der Waals surface area contributed by atoms with Gasteiger partial charge in [-0.2, -0.15) is 0 Å². The van der Waals surface area contributed by atoms with Gasteiger partial charge in [-0.25, -0.2) is 13.5 Å². The van der Waals surface area contributed by atoms with E-state index in [1.165, 1.54) is 0 Å². The van der Waals surface area contributed by atoms with Crippen LogP contribution in [0.2, 0.25) is 0 Å². The smallest absolute Gasteiger partial charge is 0.300 e. The number of halogens is 2. The second kappa shape index (κ2) is 4.83. The van der Waals surface area contributed by atoms with Crippen molar-refractivity contribution in [2.24, 2.45) is 0 Å². The molecule has 0 aliphatic heterocycles. The van der Waals surface area contributed by atoms with Crippen molar-refractivity contribution < 1.29 is 13.7 Å². The van der Waals surface area contributed by atoms with Crippen molar-refractivity contribution in [3.8, 4) is 5.69 Å². The lowest BCUT2D eigenvalue weighted by molar-refractivity contribution is -0.385. The first-order valence-corrected chi connectivity index (χ1v) is 5.67. The van der Waals surface area contributed by atoms with Gasteiger partial charge < -0.3 is 5.73 Å². The third-order valence-electron chi connectivity index (χ3n) is 2.70. The number of nitrogens with zero attached hydrogens (tertiary/aromatic N) is 4. The second-order valence-corrected chi connectivity index (χ2v) is 4.44. The van der Waals surface area contributed by atoms with Crippen LogP contribution in [-0.2, 0) is 0 Å². The van der Waals surface area contributed by atoms with Crippen molar-refractivity contribution in [1.29, 1.82) is 0 Å². The van der Waals surface area contributed by atoms with Crippen molar-refractivity contribution in [1.82, 2.24) is 15.0 Å². The van der Waals surface area contributed by atoms with Gasteiger partial charge >= 0.3 is 5.69 Å². The number of hydrogen-bond donors (Lipinski definition) is 1. The van der Waals surface area contributed by atoms with Crippen LogP contribution in [0, 0.1) is 21.7 Å². The van der Waals surface area contributed by atoms with E-state index in [9.17, 15) is 18.9 Å². The van der Waals surface area contributed by atoms with Crippen LogP contribution in [0.4, 0.5) is 20.3 Å². The predicted octanol–water partition coefficient (Wildman–Crippen LogP) is 2.16. The lowest BCUT2D eigenvalue weighted by Crippen LogP contribution is -2.10. The molecule has 0 aliphatic rings. The van der Waals surface area contributed by atoms with E-state index in [2.05, 4.69) is 10.3 Å². The molecular weight excluding hydrogens is 272 g/mol. The summed E-state index contributed by atoms with van der Waals surface area (Å²) in [7, 11) is 0. The molecule has 0 fully saturated rings. The van der Waals surface area contributed by atoms with Crippen LogP contribution in [0.1, 0.15) is 25.5 Å². The minimum Gasteiger partial charge on any atom is -0.381 e. The summed E-state index contributed by atoms with van der Waals surface area (Å²) in [5, 5.41) is 18.2. The maximum atomic E-state index is 13.9. The topological polar surface area (TPSA) is 99.9 Å². The molecule has 0 spiro atoms. The summed E-state index contributed by atoms with van der Waals surface area (Å²) in [6, 6.07) is 1.17. The molecule has 2 rings (SSSR count). The molecule has 1 aromatic heterocycles. The Labute approximate surface area is 112 Å². The highest BCUT2D eigenvalue weighted by molar-refractivity contribution is 5.55. The Bertz CT molecular complexity index is 684. The number of rotatable bonds is 3. The number of benzene rings is 1. The van der Waals surface area contributed by atoms with E-state index < -0.39 is 27.9 Å². The molecule has 1 aromatic carbocycles. The van der Waals surface area contributed by atoms with Crippen molar-refractivity contribution in [2.45, 2.75) is 19.8 Å². The highest BCUT2D eigenvalue weighted by Crippen LogP contribution is 2.31. The molecule has 0 bridgehead atoms. The summed E-state index contributed by atoms with van der Waals surface area (Å²) < 4.78 is 28.0. The Morgan fingerprint density at radius 1 is 1.40 bits per heavy atom.